The Kier molecular flexibility index (Phi) is 3.51. The van der Waals surface area contributed by atoms with Crippen molar-refractivity contribution < 1.29 is 0 Å². The van der Waals surface area contributed by atoms with Gasteiger partial charge in [-0.05, 0) is 13.0 Å². The van der Waals surface area contributed by atoms with E-state index in [4.69, 9.17) is 5.26 Å². The van der Waals surface area contributed by atoms with Gasteiger partial charge in [0.05, 0.1) is 6.07 Å². The molecule has 0 radical (unpaired) electrons. The van der Waals surface area contributed by atoms with Gasteiger partial charge in [-0.1, -0.05) is 0 Å². The Bertz CT molecular complexity index is 148. The van der Waals surface area contributed by atoms with Crippen LogP contribution in [0.5, 0.6) is 0 Å². The van der Waals surface area contributed by atoms with E-state index in [1.165, 1.54) is 0 Å². The molecule has 0 spiro atoms. The standard InChI is InChI=1S/C6H8N2/c1-6(5-7)3-4-8-2/h3-4H,1-2H3/b6-3+,8-4-. The second kappa shape index (κ2) is 4.07. The van der Waals surface area contributed by atoms with Crippen molar-refractivity contribution in [2.75, 3.05) is 7.05 Å². The van der Waals surface area contributed by atoms with Gasteiger partial charge in [0.1, 0.15) is 0 Å². The summed E-state index contributed by atoms with van der Waals surface area (Å²) in [6, 6.07) is 1.97. The molecule has 0 aromatic rings. The molecule has 0 N–H and O–H groups in total. The lowest BCUT2D eigenvalue weighted by Crippen LogP contribution is -1.68. The van der Waals surface area contributed by atoms with Gasteiger partial charge < -0.3 is 0 Å². The first-order chi connectivity index (χ1) is 3.81. The molecule has 0 aliphatic carbocycles. The second-order valence-electron chi connectivity index (χ2n) is 1.37. The minimum absolute atomic E-state index is 0.676. The average Bonchev–Trinajstić information content (AvgIpc) is 1.83. The maximum Gasteiger partial charge on any atom is 0.0944 e. The summed E-state index contributed by atoms with van der Waals surface area (Å²) >= 11 is 0. The fourth-order valence-corrected chi connectivity index (χ4v) is 0.224. The summed E-state index contributed by atoms with van der Waals surface area (Å²) in [5, 5.41) is 8.18. The van der Waals surface area contributed by atoms with Gasteiger partial charge in [-0.15, -0.1) is 0 Å². The van der Waals surface area contributed by atoms with Gasteiger partial charge >= 0.3 is 0 Å². The molecule has 0 unspecified atom stereocenters. The fourth-order valence-electron chi connectivity index (χ4n) is 0.224. The van der Waals surface area contributed by atoms with Gasteiger partial charge in [-0.3, -0.25) is 4.99 Å². The van der Waals surface area contributed by atoms with Crippen molar-refractivity contribution in [3.8, 4) is 6.07 Å². The van der Waals surface area contributed by atoms with E-state index in [-0.39, 0.29) is 0 Å². The van der Waals surface area contributed by atoms with E-state index < -0.39 is 0 Å². The number of aliphatic imine (C=N–C) groups is 1. The van der Waals surface area contributed by atoms with Crippen LogP contribution in [0.1, 0.15) is 6.92 Å². The highest BCUT2D eigenvalue weighted by molar-refractivity contribution is 5.72. The third kappa shape index (κ3) is 3.10. The molecule has 0 aromatic carbocycles. The number of nitrogens with zero attached hydrogens (tertiary/aromatic N) is 2. The molecule has 0 bridgehead atoms. The topological polar surface area (TPSA) is 36.1 Å². The quantitative estimate of drug-likeness (QED) is 0.366. The largest absolute Gasteiger partial charge is 0.296 e. The first kappa shape index (κ1) is 6.90. The van der Waals surface area contributed by atoms with Crippen LogP contribution in [-0.4, -0.2) is 13.3 Å². The molecule has 0 atom stereocenters. The van der Waals surface area contributed by atoms with Gasteiger partial charge in [0.15, 0.2) is 0 Å². The molecule has 0 saturated heterocycles. The van der Waals surface area contributed by atoms with E-state index in [2.05, 4.69) is 4.99 Å². The average molecular weight is 108 g/mol. The molecule has 8 heavy (non-hydrogen) atoms. The Hall–Kier alpha value is -1.10. The van der Waals surface area contributed by atoms with Crippen LogP contribution in [0, 0.1) is 11.3 Å². The molecular weight excluding hydrogens is 100 g/mol. The van der Waals surface area contributed by atoms with Crippen LogP contribution in [-0.2, 0) is 0 Å². The molecule has 2 heteroatoms. The van der Waals surface area contributed by atoms with Crippen LogP contribution in [0.25, 0.3) is 0 Å². The van der Waals surface area contributed by atoms with E-state index >= 15 is 0 Å². The van der Waals surface area contributed by atoms with E-state index in [0.717, 1.165) is 0 Å². The van der Waals surface area contributed by atoms with E-state index in [1.54, 1.807) is 26.3 Å². The zero-order valence-corrected chi connectivity index (χ0v) is 5.05. The summed E-state index contributed by atoms with van der Waals surface area (Å²) in [4.78, 5) is 3.67. The summed E-state index contributed by atoms with van der Waals surface area (Å²) in [7, 11) is 1.67. The Morgan fingerprint density at radius 2 is 2.38 bits per heavy atom. The Balaban J connectivity index is 3.81. The van der Waals surface area contributed by atoms with Crippen LogP contribution >= 0.6 is 0 Å². The smallest absolute Gasteiger partial charge is 0.0944 e. The molecule has 0 saturated carbocycles. The molecule has 0 heterocycles. The molecule has 0 aliphatic heterocycles. The van der Waals surface area contributed by atoms with Gasteiger partial charge in [0.2, 0.25) is 0 Å². The van der Waals surface area contributed by atoms with Crippen molar-refractivity contribution in [3.63, 3.8) is 0 Å². The van der Waals surface area contributed by atoms with Crippen molar-refractivity contribution in [3.05, 3.63) is 11.6 Å². The molecule has 0 aliphatic rings. The molecule has 0 rings (SSSR count). The number of hydrogen-bond acceptors (Lipinski definition) is 2. The summed E-state index contributed by atoms with van der Waals surface area (Å²) in [6.07, 6.45) is 3.26. The third-order valence-electron chi connectivity index (χ3n) is 0.650. The number of nitriles is 1. The maximum absolute atomic E-state index is 8.18. The number of hydrogen-bond donors (Lipinski definition) is 0. The summed E-state index contributed by atoms with van der Waals surface area (Å²) in [6.45, 7) is 1.74. The van der Waals surface area contributed by atoms with E-state index in [9.17, 15) is 0 Å². The lowest BCUT2D eigenvalue weighted by Gasteiger charge is -1.74. The van der Waals surface area contributed by atoms with Crippen molar-refractivity contribution in [2.45, 2.75) is 6.92 Å². The normalized spacial score (nSPS) is 11.9. The SMILES string of the molecule is C/N=C\C=C(/C)C#N. The fraction of sp³-hybridized carbons (Fsp3) is 0.333. The Labute approximate surface area is 49.2 Å². The first-order valence-electron chi connectivity index (χ1n) is 2.30. The zero-order chi connectivity index (χ0) is 6.41. The van der Waals surface area contributed by atoms with E-state index in [1.807, 2.05) is 6.07 Å². The summed E-state index contributed by atoms with van der Waals surface area (Å²) in [5.41, 5.74) is 0.676. The second-order valence-corrected chi connectivity index (χ2v) is 1.37. The molecule has 0 amide bonds. The van der Waals surface area contributed by atoms with Crippen LogP contribution in [0.15, 0.2) is 16.6 Å². The maximum atomic E-state index is 8.18. The number of rotatable bonds is 1. The Morgan fingerprint density at radius 3 is 2.75 bits per heavy atom. The van der Waals surface area contributed by atoms with E-state index in [0.29, 0.717) is 5.57 Å². The highest BCUT2D eigenvalue weighted by Crippen LogP contribution is 1.83. The minimum Gasteiger partial charge on any atom is -0.296 e. The third-order valence-corrected chi connectivity index (χ3v) is 0.650. The molecule has 0 aromatic heterocycles. The predicted molar refractivity (Wildman–Crippen MR) is 33.8 cm³/mol. The lowest BCUT2D eigenvalue weighted by atomic mass is 10.3. The lowest BCUT2D eigenvalue weighted by molar-refractivity contribution is 1.44. The van der Waals surface area contributed by atoms with Gasteiger partial charge in [-0.2, -0.15) is 5.26 Å². The van der Waals surface area contributed by atoms with Gasteiger partial charge in [0, 0.05) is 18.8 Å². The molecule has 0 fully saturated rings. The van der Waals surface area contributed by atoms with Crippen molar-refractivity contribution >= 4 is 6.21 Å². The van der Waals surface area contributed by atoms with Crippen LogP contribution in [0.3, 0.4) is 0 Å². The van der Waals surface area contributed by atoms with Crippen molar-refractivity contribution in [1.29, 1.82) is 5.26 Å². The summed E-state index contributed by atoms with van der Waals surface area (Å²) < 4.78 is 0. The molecule has 42 valence electrons. The molecular formula is C6H8N2. The highest BCUT2D eigenvalue weighted by Gasteiger charge is 1.75. The van der Waals surface area contributed by atoms with Crippen molar-refractivity contribution in [2.24, 2.45) is 4.99 Å². The van der Waals surface area contributed by atoms with Gasteiger partial charge in [0.25, 0.3) is 0 Å². The minimum atomic E-state index is 0.676. The van der Waals surface area contributed by atoms with Crippen LogP contribution < -0.4 is 0 Å². The van der Waals surface area contributed by atoms with Gasteiger partial charge in [-0.25, -0.2) is 0 Å². The highest BCUT2D eigenvalue weighted by atomic mass is 14.6. The zero-order valence-electron chi connectivity index (χ0n) is 5.05. The predicted octanol–water partition coefficient (Wildman–Crippen LogP) is 1.16. The monoisotopic (exact) mass is 108 g/mol. The number of allylic oxidation sites excluding steroid dienone is 2. The molecule has 2 nitrogen and oxygen atoms in total. The van der Waals surface area contributed by atoms with Crippen molar-refractivity contribution in [1.82, 2.24) is 0 Å². The first-order valence-corrected chi connectivity index (χ1v) is 2.30. The Morgan fingerprint density at radius 1 is 1.75 bits per heavy atom. The van der Waals surface area contributed by atoms with Crippen LogP contribution in [0.4, 0.5) is 0 Å². The summed E-state index contributed by atoms with van der Waals surface area (Å²) in [5.74, 6) is 0. The van der Waals surface area contributed by atoms with Crippen LogP contribution in [0.2, 0.25) is 0 Å².